The molecule has 1 aromatic heterocycles. The number of aromatic nitrogens is 2. The number of rotatable bonds is 6. The van der Waals surface area contributed by atoms with Crippen LogP contribution in [0, 0.1) is 0 Å². The lowest BCUT2D eigenvalue weighted by Crippen LogP contribution is -2.32. The van der Waals surface area contributed by atoms with E-state index in [0.717, 1.165) is 0 Å². The van der Waals surface area contributed by atoms with Crippen LogP contribution < -0.4 is 15.2 Å². The Morgan fingerprint density at radius 2 is 2.29 bits per heavy atom. The molecule has 0 aliphatic heterocycles. The van der Waals surface area contributed by atoms with E-state index < -0.39 is 10.2 Å². The minimum absolute atomic E-state index is 0.0892. The normalized spacial score (nSPS) is 11.4. The van der Waals surface area contributed by atoms with E-state index >= 15 is 0 Å². The summed E-state index contributed by atoms with van der Waals surface area (Å²) in [5.74, 6) is 0.251. The molecular weight excluding hydrogens is 262 g/mol. The molecule has 0 saturated heterocycles. The fourth-order valence-electron chi connectivity index (χ4n) is 1.14. The van der Waals surface area contributed by atoms with Gasteiger partial charge >= 0.3 is 0 Å². The first-order chi connectivity index (χ1) is 7.87. The van der Waals surface area contributed by atoms with Crippen molar-refractivity contribution < 1.29 is 8.42 Å². The largest absolute Gasteiger partial charge is 0.389 e. The highest BCUT2D eigenvalue weighted by Crippen LogP contribution is 2.14. The van der Waals surface area contributed by atoms with Crippen molar-refractivity contribution in [2.75, 3.05) is 11.3 Å². The van der Waals surface area contributed by atoms with E-state index in [0.29, 0.717) is 18.5 Å². The third-order valence-corrected chi connectivity index (χ3v) is 3.24. The van der Waals surface area contributed by atoms with Gasteiger partial charge in [-0.3, -0.25) is 9.40 Å². The van der Waals surface area contributed by atoms with Crippen LogP contribution in [0.3, 0.4) is 0 Å². The summed E-state index contributed by atoms with van der Waals surface area (Å²) in [5, 5.41) is 3.90. The lowest BCUT2D eigenvalue weighted by molar-refractivity contribution is 0.585. The number of nitrogens with zero attached hydrogens (tertiary/aromatic N) is 2. The van der Waals surface area contributed by atoms with Gasteiger partial charge in [0, 0.05) is 13.6 Å². The monoisotopic (exact) mass is 277 g/mol. The number of nitrogens with two attached hydrogens (primary N) is 1. The zero-order valence-electron chi connectivity index (χ0n) is 9.60. The average Bonchev–Trinajstić information content (AvgIpc) is 2.57. The Morgan fingerprint density at radius 3 is 2.82 bits per heavy atom. The van der Waals surface area contributed by atoms with Crippen LogP contribution in [0.5, 0.6) is 0 Å². The first-order valence-corrected chi connectivity index (χ1v) is 6.85. The van der Waals surface area contributed by atoms with Crippen molar-refractivity contribution in [3.63, 3.8) is 0 Å². The molecule has 1 heterocycles. The lowest BCUT2D eigenvalue weighted by atomic mass is 10.3. The van der Waals surface area contributed by atoms with Crippen LogP contribution in [0.2, 0.25) is 0 Å². The molecule has 9 heteroatoms. The summed E-state index contributed by atoms with van der Waals surface area (Å²) >= 11 is 4.81. The molecule has 0 spiro atoms. The number of hydrogen-bond acceptors (Lipinski definition) is 4. The smallest absolute Gasteiger partial charge is 0.300 e. The van der Waals surface area contributed by atoms with Gasteiger partial charge < -0.3 is 5.73 Å². The molecule has 1 aromatic rings. The molecule has 0 saturated carbocycles. The molecule has 4 N–H and O–H groups in total. The van der Waals surface area contributed by atoms with Gasteiger partial charge in [-0.1, -0.05) is 19.1 Å². The van der Waals surface area contributed by atoms with Gasteiger partial charge in [-0.25, -0.2) is 0 Å². The van der Waals surface area contributed by atoms with E-state index in [1.165, 1.54) is 10.9 Å². The second kappa shape index (κ2) is 5.43. The Labute approximate surface area is 106 Å². The van der Waals surface area contributed by atoms with Crippen LogP contribution in [0.15, 0.2) is 6.20 Å². The number of anilines is 1. The van der Waals surface area contributed by atoms with Gasteiger partial charge in [-0.15, -0.1) is 0 Å². The lowest BCUT2D eigenvalue weighted by Gasteiger charge is -2.10. The number of hydrogen-bond donors (Lipinski definition) is 3. The number of thiocarbonyl (C=S) groups is 1. The maximum Gasteiger partial charge on any atom is 0.300 e. The average molecular weight is 277 g/mol. The molecule has 0 aliphatic carbocycles. The first-order valence-electron chi connectivity index (χ1n) is 4.96. The molecule has 0 aliphatic rings. The third-order valence-electron chi connectivity index (χ3n) is 1.98. The third kappa shape index (κ3) is 3.65. The highest BCUT2D eigenvalue weighted by Gasteiger charge is 2.16. The molecule has 0 atom stereocenters. The van der Waals surface area contributed by atoms with Crippen molar-refractivity contribution in [2.45, 2.75) is 13.3 Å². The SMILES string of the molecule is CCCNS(=O)(=O)Nc1c(C(N)=S)cnn1C. The standard InChI is InChI=1S/C8H15N5O2S2/c1-3-4-11-17(14,15)12-8-6(7(9)16)5-10-13(8)2/h5,11-12H,3-4H2,1-2H3,(H2,9,16). The van der Waals surface area contributed by atoms with Gasteiger partial charge in [-0.2, -0.15) is 18.2 Å². The van der Waals surface area contributed by atoms with Gasteiger partial charge in [-0.05, 0) is 6.42 Å². The second-order valence-electron chi connectivity index (χ2n) is 3.39. The zero-order valence-corrected chi connectivity index (χ0v) is 11.2. The van der Waals surface area contributed by atoms with Crippen molar-refractivity contribution in [3.05, 3.63) is 11.8 Å². The number of aryl methyl sites for hydroxylation is 1. The Morgan fingerprint density at radius 1 is 1.65 bits per heavy atom. The highest BCUT2D eigenvalue weighted by molar-refractivity contribution is 7.90. The molecule has 0 aromatic carbocycles. The van der Waals surface area contributed by atoms with Gasteiger partial charge in [0.2, 0.25) is 0 Å². The molecule has 96 valence electrons. The fourth-order valence-corrected chi connectivity index (χ4v) is 2.33. The summed E-state index contributed by atoms with van der Waals surface area (Å²) in [6.07, 6.45) is 2.12. The van der Waals surface area contributed by atoms with E-state index in [1.54, 1.807) is 7.05 Å². The predicted molar refractivity (Wildman–Crippen MR) is 69.9 cm³/mol. The van der Waals surface area contributed by atoms with Gasteiger partial charge in [0.1, 0.15) is 10.8 Å². The van der Waals surface area contributed by atoms with Crippen LogP contribution in [0.4, 0.5) is 5.82 Å². The first kappa shape index (κ1) is 13.9. The highest BCUT2D eigenvalue weighted by atomic mass is 32.2. The van der Waals surface area contributed by atoms with E-state index in [-0.39, 0.29) is 10.8 Å². The van der Waals surface area contributed by atoms with E-state index in [2.05, 4.69) is 14.5 Å². The summed E-state index contributed by atoms with van der Waals surface area (Å²) in [4.78, 5) is 0.0892. The van der Waals surface area contributed by atoms with Crippen molar-refractivity contribution >= 4 is 33.2 Å². The molecule has 17 heavy (non-hydrogen) atoms. The maximum absolute atomic E-state index is 11.6. The molecule has 0 unspecified atom stereocenters. The Kier molecular flexibility index (Phi) is 4.43. The maximum atomic E-state index is 11.6. The zero-order chi connectivity index (χ0) is 13.1. The summed E-state index contributed by atoms with van der Waals surface area (Å²) in [6, 6.07) is 0. The summed E-state index contributed by atoms with van der Waals surface area (Å²) in [5.41, 5.74) is 5.86. The molecule has 0 radical (unpaired) electrons. The van der Waals surface area contributed by atoms with Crippen LogP contribution in [0.25, 0.3) is 0 Å². The van der Waals surface area contributed by atoms with Gasteiger partial charge in [0.05, 0.1) is 11.8 Å². The molecule has 1 rings (SSSR count). The van der Waals surface area contributed by atoms with Gasteiger partial charge in [0.25, 0.3) is 10.2 Å². The van der Waals surface area contributed by atoms with Crippen molar-refractivity contribution in [2.24, 2.45) is 12.8 Å². The summed E-state index contributed by atoms with van der Waals surface area (Å²) in [7, 11) is -2.02. The Bertz CT molecular complexity index is 508. The number of nitrogens with one attached hydrogen (secondary N) is 2. The molecule has 7 nitrogen and oxygen atoms in total. The summed E-state index contributed by atoms with van der Waals surface area (Å²) < 4.78 is 29.4. The van der Waals surface area contributed by atoms with Crippen molar-refractivity contribution in [1.82, 2.24) is 14.5 Å². The minimum atomic E-state index is -3.62. The second-order valence-corrected chi connectivity index (χ2v) is 5.33. The van der Waals surface area contributed by atoms with Gasteiger partial charge in [0.15, 0.2) is 0 Å². The van der Waals surface area contributed by atoms with E-state index in [9.17, 15) is 8.42 Å². The van der Waals surface area contributed by atoms with E-state index in [1.807, 2.05) is 6.92 Å². The quantitative estimate of drug-likeness (QED) is 0.620. The van der Waals surface area contributed by atoms with Crippen LogP contribution in [-0.4, -0.2) is 29.7 Å². The van der Waals surface area contributed by atoms with Crippen molar-refractivity contribution in [3.8, 4) is 0 Å². The molecule has 0 fully saturated rings. The van der Waals surface area contributed by atoms with Crippen LogP contribution >= 0.6 is 12.2 Å². The van der Waals surface area contributed by atoms with Crippen LogP contribution in [0.1, 0.15) is 18.9 Å². The molecular formula is C8H15N5O2S2. The Hall–Kier alpha value is -1.19. The Balaban J connectivity index is 2.95. The topological polar surface area (TPSA) is 102 Å². The van der Waals surface area contributed by atoms with E-state index in [4.69, 9.17) is 18.0 Å². The predicted octanol–water partition coefficient (Wildman–Crippen LogP) is -0.289. The minimum Gasteiger partial charge on any atom is -0.389 e. The summed E-state index contributed by atoms with van der Waals surface area (Å²) in [6.45, 7) is 2.22. The molecule has 0 bridgehead atoms. The molecule has 0 amide bonds. The van der Waals surface area contributed by atoms with Crippen LogP contribution in [-0.2, 0) is 17.3 Å². The fraction of sp³-hybridized carbons (Fsp3) is 0.500. The van der Waals surface area contributed by atoms with Crippen molar-refractivity contribution in [1.29, 1.82) is 0 Å².